The van der Waals surface area contributed by atoms with Crippen molar-refractivity contribution in [1.82, 2.24) is 0 Å². The predicted octanol–water partition coefficient (Wildman–Crippen LogP) is 10.3. The van der Waals surface area contributed by atoms with Gasteiger partial charge in [0.05, 0.1) is 0 Å². The molecule has 0 aliphatic carbocycles. The minimum Gasteiger partial charge on any atom is -1.00 e. The molecule has 0 bridgehead atoms. The molecule has 0 atom stereocenters. The number of rotatable bonds is 2. The molecule has 316 valence electrons. The molecule has 0 aliphatic rings. The van der Waals surface area contributed by atoms with Crippen LogP contribution in [0.2, 0.25) is 0 Å². The number of halogens is 2. The van der Waals surface area contributed by atoms with Crippen LogP contribution in [-0.2, 0) is 43.4 Å². The van der Waals surface area contributed by atoms with E-state index in [1.54, 1.807) is 10.6 Å². The summed E-state index contributed by atoms with van der Waals surface area (Å²) < 4.78 is 0. The van der Waals surface area contributed by atoms with Crippen LogP contribution in [0.15, 0.2) is 146 Å². The van der Waals surface area contributed by atoms with Gasteiger partial charge in [0.25, 0.3) is 0 Å². The fourth-order valence-corrected chi connectivity index (χ4v) is 16.9. The van der Waals surface area contributed by atoms with E-state index < -0.39 is 0 Å². The first-order chi connectivity index (χ1) is 26.1. The molecule has 8 aromatic carbocycles. The minimum atomic E-state index is -0.185. The molecule has 0 nitrogen and oxygen atoms in total. The molecule has 0 N–H and O–H groups in total. The van der Waals surface area contributed by atoms with E-state index in [2.05, 4.69) is 243 Å². The third-order valence-electron chi connectivity index (χ3n) is 9.93. The van der Waals surface area contributed by atoms with Crippen molar-refractivity contribution in [3.05, 3.63) is 157 Å². The molecule has 8 rings (SSSR count). The fourth-order valence-electron chi connectivity index (χ4n) is 8.70. The third-order valence-corrected chi connectivity index (χ3v) is 16.8. The first-order valence-corrected chi connectivity index (χ1v) is 23.0. The fraction of sp³-hybridized carbons (Fsp3) is 0.333. The second kappa shape index (κ2) is 23.2. The largest absolute Gasteiger partial charge is 2.00 e. The summed E-state index contributed by atoms with van der Waals surface area (Å²) in [4.78, 5) is 0. The Morgan fingerprint density at radius 3 is 0.767 bits per heavy atom. The summed E-state index contributed by atoms with van der Waals surface area (Å²) in [6.07, 6.45) is 0. The van der Waals surface area contributed by atoms with E-state index in [0.717, 1.165) is 0 Å². The Kier molecular flexibility index (Phi) is 21.7. The zero-order valence-electron chi connectivity index (χ0n) is 38.5. The molecule has 60 heavy (non-hydrogen) atoms. The van der Waals surface area contributed by atoms with Crippen molar-refractivity contribution in [3.8, 4) is 0 Å². The van der Waals surface area contributed by atoms with Gasteiger partial charge in [-0.15, -0.1) is 162 Å². The number of fused-ring (bicyclic) bond motifs is 4. The zero-order chi connectivity index (χ0) is 41.1. The quantitative estimate of drug-likeness (QED) is 0.0921. The van der Waals surface area contributed by atoms with Crippen molar-refractivity contribution in [3.63, 3.8) is 0 Å². The van der Waals surface area contributed by atoms with Crippen molar-refractivity contribution in [2.45, 2.75) is 118 Å². The molecule has 0 heterocycles. The predicted molar refractivity (Wildman–Crippen MR) is 260 cm³/mol. The molecule has 0 saturated carbocycles. The maximum absolute atomic E-state index is 2.40. The van der Waals surface area contributed by atoms with Crippen molar-refractivity contribution in [2.75, 3.05) is 0 Å². The summed E-state index contributed by atoms with van der Waals surface area (Å²) in [5, 5.41) is 15.4. The number of hydrogen-bond donors (Lipinski definition) is 0. The number of aryl methyl sites for hydroxylation is 2. The van der Waals surface area contributed by atoms with Crippen LogP contribution in [0.1, 0.15) is 94.2 Å². The van der Waals surface area contributed by atoms with Crippen LogP contribution < -0.4 is 35.4 Å². The summed E-state index contributed by atoms with van der Waals surface area (Å²) in [5.74, 6) is 0. The first kappa shape index (κ1) is 56.2. The van der Waals surface area contributed by atoms with Crippen LogP contribution in [0.4, 0.5) is 0 Å². The van der Waals surface area contributed by atoms with E-state index in [-0.39, 0.29) is 84.1 Å². The molecular formula is C54H66Cl2P2Ti2-2. The molecule has 0 radical (unpaired) electrons. The molecule has 0 amide bonds. The van der Waals surface area contributed by atoms with E-state index >= 15 is 0 Å². The van der Waals surface area contributed by atoms with Crippen molar-refractivity contribution >= 4 is 69.5 Å². The minimum absolute atomic E-state index is 0. The van der Waals surface area contributed by atoms with Gasteiger partial charge in [-0.2, -0.15) is 24.3 Å². The number of benzene rings is 4. The molecule has 0 saturated heterocycles. The molecule has 0 spiro atoms. The average molecular weight is 944 g/mol. The van der Waals surface area contributed by atoms with E-state index in [4.69, 9.17) is 0 Å². The van der Waals surface area contributed by atoms with Gasteiger partial charge in [-0.05, 0) is 20.6 Å². The van der Waals surface area contributed by atoms with E-state index in [1.807, 2.05) is 0 Å². The average Bonchev–Trinajstić information content (AvgIpc) is 3.85. The van der Waals surface area contributed by atoms with Crippen LogP contribution in [0.3, 0.4) is 0 Å². The van der Waals surface area contributed by atoms with Gasteiger partial charge in [0.1, 0.15) is 0 Å². The van der Waals surface area contributed by atoms with Gasteiger partial charge in [0, 0.05) is 0 Å². The van der Waals surface area contributed by atoms with Gasteiger partial charge in [0.15, 0.2) is 0 Å². The van der Waals surface area contributed by atoms with Crippen LogP contribution in [0.25, 0.3) is 43.1 Å². The van der Waals surface area contributed by atoms with Crippen molar-refractivity contribution in [2.24, 2.45) is 0 Å². The van der Waals surface area contributed by atoms with Crippen LogP contribution in [-0.4, -0.2) is 20.6 Å². The second-order valence-electron chi connectivity index (χ2n) is 19.4. The number of hydrogen-bond acceptors (Lipinski definition) is 0. The van der Waals surface area contributed by atoms with Crippen LogP contribution in [0.5, 0.6) is 0 Å². The van der Waals surface area contributed by atoms with Gasteiger partial charge in [-0.1, -0.05) is 137 Å². The van der Waals surface area contributed by atoms with Crippen LogP contribution >= 0.6 is 15.8 Å². The Balaban J connectivity index is 0.000000403. The first-order valence-electron chi connectivity index (χ1n) is 20.3. The van der Waals surface area contributed by atoms with Crippen LogP contribution in [0, 0.1) is 13.8 Å². The Bertz CT molecular complexity index is 2130. The maximum atomic E-state index is 2.40. The molecule has 8 aromatic rings. The second-order valence-corrected chi connectivity index (χ2v) is 27.1. The maximum Gasteiger partial charge on any atom is 2.00 e. The van der Waals surface area contributed by atoms with Crippen molar-refractivity contribution < 1.29 is 68.2 Å². The van der Waals surface area contributed by atoms with Gasteiger partial charge >= 0.3 is 43.4 Å². The standard InChI is InChI=1S/2C17H24P.2C10H9.2ClH.2Ti/c2*1-16(2,3)18(17(4,5)6)15-11-13-9-7-8-10-14(13)12-15;2*1-8-6-9-4-2-3-5-10(9)7-8;;;;/h2*7-12H,1-6H3;2*2-7H,1H3;2*1H;;/q4*-1;;;2*+2/p-2. The molecule has 0 fully saturated rings. The molecule has 0 aromatic heterocycles. The Morgan fingerprint density at radius 2 is 0.550 bits per heavy atom. The summed E-state index contributed by atoms with van der Waals surface area (Å²) in [7, 11) is -0.369. The summed E-state index contributed by atoms with van der Waals surface area (Å²) in [6.45, 7) is 32.8. The third kappa shape index (κ3) is 15.2. The summed E-state index contributed by atoms with van der Waals surface area (Å²) >= 11 is 0. The molecule has 0 aliphatic heterocycles. The van der Waals surface area contributed by atoms with E-state index in [1.165, 1.54) is 54.2 Å². The smallest absolute Gasteiger partial charge is 1.00 e. The molecule has 0 unspecified atom stereocenters. The SMILES string of the molecule is CC(C)(C)P(c1cc2ccccc2[cH-]1)C(C)(C)C.CC(C)(C)P(c1cc2ccccc2[cH-]1)C(C)(C)C.Cc1cc2ccccc2[cH-]1.Cc1cc2ccccc2[cH-]1.[Cl-].[Cl-].[Ti+2].[Ti+2]. The van der Waals surface area contributed by atoms with E-state index in [9.17, 15) is 0 Å². The molecule has 6 heteroatoms. The molecular weight excluding hydrogens is 877 g/mol. The Labute approximate surface area is 408 Å². The van der Waals surface area contributed by atoms with Crippen molar-refractivity contribution in [1.29, 1.82) is 0 Å². The van der Waals surface area contributed by atoms with Gasteiger partial charge < -0.3 is 24.8 Å². The van der Waals surface area contributed by atoms with Gasteiger partial charge in [-0.3, -0.25) is 0 Å². The normalized spacial score (nSPS) is 11.6. The topological polar surface area (TPSA) is 0 Å². The van der Waals surface area contributed by atoms with E-state index in [0.29, 0.717) is 20.6 Å². The summed E-state index contributed by atoms with van der Waals surface area (Å²) in [6, 6.07) is 52.7. The zero-order valence-corrected chi connectivity index (χ0v) is 44.9. The summed E-state index contributed by atoms with van der Waals surface area (Å²) in [5.41, 5.74) is 2.70. The van der Waals surface area contributed by atoms with Gasteiger partial charge in [0.2, 0.25) is 0 Å². The Morgan fingerprint density at radius 1 is 0.333 bits per heavy atom. The monoisotopic (exact) mass is 942 g/mol. The van der Waals surface area contributed by atoms with Gasteiger partial charge in [-0.25, -0.2) is 0 Å². The Hall–Kier alpha value is -1.81.